The van der Waals surface area contributed by atoms with E-state index >= 15 is 0 Å². The van der Waals surface area contributed by atoms with Gasteiger partial charge in [-0.15, -0.1) is 0 Å². The lowest BCUT2D eigenvalue weighted by atomic mass is 9.80. The van der Waals surface area contributed by atoms with Gasteiger partial charge in [0.15, 0.2) is 0 Å². The van der Waals surface area contributed by atoms with Gasteiger partial charge in [-0.3, -0.25) is 9.69 Å². The molecule has 112 valence electrons. The molecule has 4 heteroatoms. The average Bonchev–Trinajstić information content (AvgIpc) is 2.38. The Kier molecular flexibility index (Phi) is 6.80. The van der Waals surface area contributed by atoms with Crippen molar-refractivity contribution in [3.8, 4) is 0 Å². The molecule has 0 heterocycles. The van der Waals surface area contributed by atoms with E-state index in [-0.39, 0.29) is 17.5 Å². The second-order valence-corrected chi connectivity index (χ2v) is 6.13. The molecule has 0 spiro atoms. The van der Waals surface area contributed by atoms with Crippen molar-refractivity contribution in [2.24, 2.45) is 5.73 Å². The molecule has 0 saturated heterocycles. The monoisotopic (exact) mass is 269 g/mol. The Morgan fingerprint density at radius 2 is 1.95 bits per heavy atom. The summed E-state index contributed by atoms with van der Waals surface area (Å²) in [4.78, 5) is 14.4. The van der Waals surface area contributed by atoms with Gasteiger partial charge >= 0.3 is 0 Å². The molecule has 1 aliphatic rings. The Bertz CT molecular complexity index is 273. The van der Waals surface area contributed by atoms with Gasteiger partial charge in [-0.1, -0.05) is 26.2 Å². The van der Waals surface area contributed by atoms with E-state index in [4.69, 9.17) is 5.73 Å². The molecule has 0 atom stereocenters. The topological polar surface area (TPSA) is 58.4 Å². The highest BCUT2D eigenvalue weighted by molar-refractivity contribution is 5.78. The second-order valence-electron chi connectivity index (χ2n) is 6.13. The molecule has 19 heavy (non-hydrogen) atoms. The molecule has 0 radical (unpaired) electrons. The minimum Gasteiger partial charge on any atom is -0.353 e. The van der Waals surface area contributed by atoms with Crippen molar-refractivity contribution in [3.63, 3.8) is 0 Å². The smallest absolute Gasteiger partial charge is 0.234 e. The quantitative estimate of drug-likeness (QED) is 0.742. The van der Waals surface area contributed by atoms with E-state index in [1.54, 1.807) is 0 Å². The van der Waals surface area contributed by atoms with Gasteiger partial charge in [-0.05, 0) is 39.7 Å². The van der Waals surface area contributed by atoms with Gasteiger partial charge in [0.2, 0.25) is 5.91 Å². The largest absolute Gasteiger partial charge is 0.353 e. The van der Waals surface area contributed by atoms with E-state index in [2.05, 4.69) is 17.1 Å². The van der Waals surface area contributed by atoms with Crippen LogP contribution in [0.1, 0.15) is 59.3 Å². The number of nitrogens with zero attached hydrogens (tertiary/aromatic N) is 1. The van der Waals surface area contributed by atoms with E-state index < -0.39 is 0 Å². The summed E-state index contributed by atoms with van der Waals surface area (Å²) in [7, 11) is 0. The van der Waals surface area contributed by atoms with E-state index in [1.165, 1.54) is 19.3 Å². The normalized spacial score (nSPS) is 18.8. The number of amides is 1. The molecule has 0 aliphatic heterocycles. The number of carbonyl (C=O) groups excluding carboxylic acids is 1. The summed E-state index contributed by atoms with van der Waals surface area (Å²) in [5.74, 6) is 0.127. The van der Waals surface area contributed by atoms with Crippen molar-refractivity contribution in [2.75, 3.05) is 19.6 Å². The summed E-state index contributed by atoms with van der Waals surface area (Å²) in [6.45, 7) is 8.29. The van der Waals surface area contributed by atoms with E-state index in [1.807, 2.05) is 13.8 Å². The minimum atomic E-state index is 0.0581. The van der Waals surface area contributed by atoms with Crippen molar-refractivity contribution in [3.05, 3.63) is 0 Å². The van der Waals surface area contributed by atoms with Crippen LogP contribution in [0.15, 0.2) is 0 Å². The van der Waals surface area contributed by atoms with Crippen LogP contribution < -0.4 is 11.1 Å². The van der Waals surface area contributed by atoms with E-state index in [0.717, 1.165) is 25.8 Å². The first-order valence-electron chi connectivity index (χ1n) is 7.78. The molecule has 0 aromatic heterocycles. The molecule has 1 amide bonds. The average molecular weight is 269 g/mol. The standard InChI is InChI=1S/C15H31N3O/c1-4-10-18(11-14(19)17-13(2)3)15(12-16)8-6-5-7-9-15/h13H,4-12,16H2,1-3H3,(H,17,19). The van der Waals surface area contributed by atoms with Crippen LogP contribution in [-0.2, 0) is 4.79 Å². The molecule has 4 nitrogen and oxygen atoms in total. The second kappa shape index (κ2) is 7.85. The van der Waals surface area contributed by atoms with Crippen molar-refractivity contribution >= 4 is 5.91 Å². The number of nitrogens with one attached hydrogen (secondary N) is 1. The Morgan fingerprint density at radius 1 is 1.32 bits per heavy atom. The fourth-order valence-corrected chi connectivity index (χ4v) is 3.15. The number of rotatable bonds is 7. The molecule has 0 aromatic rings. The highest BCUT2D eigenvalue weighted by Crippen LogP contribution is 2.32. The molecule has 1 saturated carbocycles. The Balaban J connectivity index is 2.70. The van der Waals surface area contributed by atoms with Crippen molar-refractivity contribution in [1.29, 1.82) is 0 Å². The Morgan fingerprint density at radius 3 is 2.42 bits per heavy atom. The zero-order valence-electron chi connectivity index (χ0n) is 12.9. The maximum Gasteiger partial charge on any atom is 0.234 e. The zero-order chi connectivity index (χ0) is 14.3. The molecule has 0 aromatic carbocycles. The lowest BCUT2D eigenvalue weighted by molar-refractivity contribution is -0.124. The Hall–Kier alpha value is -0.610. The van der Waals surface area contributed by atoms with Crippen LogP contribution in [0.3, 0.4) is 0 Å². The van der Waals surface area contributed by atoms with Gasteiger partial charge in [0.1, 0.15) is 0 Å². The summed E-state index contributed by atoms with van der Waals surface area (Å²) < 4.78 is 0. The summed E-state index contributed by atoms with van der Waals surface area (Å²) >= 11 is 0. The number of hydrogen-bond donors (Lipinski definition) is 2. The molecule has 3 N–H and O–H groups in total. The van der Waals surface area contributed by atoms with Crippen LogP contribution in [-0.4, -0.2) is 42.0 Å². The molecular formula is C15H31N3O. The van der Waals surface area contributed by atoms with Gasteiger partial charge in [-0.25, -0.2) is 0 Å². The fraction of sp³-hybridized carbons (Fsp3) is 0.933. The first-order chi connectivity index (χ1) is 9.04. The van der Waals surface area contributed by atoms with Crippen molar-refractivity contribution in [2.45, 2.75) is 70.9 Å². The van der Waals surface area contributed by atoms with Crippen LogP contribution in [0.5, 0.6) is 0 Å². The highest BCUT2D eigenvalue weighted by atomic mass is 16.2. The molecule has 1 rings (SSSR count). The summed E-state index contributed by atoms with van der Waals surface area (Å²) in [6, 6.07) is 0.205. The lowest BCUT2D eigenvalue weighted by Crippen LogP contribution is -2.58. The van der Waals surface area contributed by atoms with Crippen LogP contribution >= 0.6 is 0 Å². The molecule has 1 aliphatic carbocycles. The predicted octanol–water partition coefficient (Wildman–Crippen LogP) is 1.88. The summed E-state index contributed by atoms with van der Waals surface area (Å²) in [5, 5.41) is 2.99. The van der Waals surface area contributed by atoms with Crippen LogP contribution in [0, 0.1) is 0 Å². The highest BCUT2D eigenvalue weighted by Gasteiger charge is 2.37. The van der Waals surface area contributed by atoms with Gasteiger partial charge in [0.25, 0.3) is 0 Å². The van der Waals surface area contributed by atoms with Crippen LogP contribution in [0.2, 0.25) is 0 Å². The third-order valence-corrected chi connectivity index (χ3v) is 4.11. The first kappa shape index (κ1) is 16.4. The Labute approximate surface area is 118 Å². The van der Waals surface area contributed by atoms with Crippen molar-refractivity contribution in [1.82, 2.24) is 10.2 Å². The molecule has 0 bridgehead atoms. The molecular weight excluding hydrogens is 238 g/mol. The maximum absolute atomic E-state index is 12.0. The minimum absolute atomic E-state index is 0.0581. The van der Waals surface area contributed by atoms with E-state index in [9.17, 15) is 4.79 Å². The predicted molar refractivity (Wildman–Crippen MR) is 80.0 cm³/mol. The number of hydrogen-bond acceptors (Lipinski definition) is 3. The number of carbonyl (C=O) groups is 1. The van der Waals surface area contributed by atoms with Gasteiger partial charge in [-0.2, -0.15) is 0 Å². The third-order valence-electron chi connectivity index (χ3n) is 4.11. The van der Waals surface area contributed by atoms with Crippen molar-refractivity contribution < 1.29 is 4.79 Å². The van der Waals surface area contributed by atoms with Gasteiger partial charge in [0.05, 0.1) is 6.54 Å². The van der Waals surface area contributed by atoms with E-state index in [0.29, 0.717) is 13.1 Å². The summed E-state index contributed by atoms with van der Waals surface area (Å²) in [5.41, 5.74) is 6.13. The molecule has 1 fully saturated rings. The fourth-order valence-electron chi connectivity index (χ4n) is 3.15. The zero-order valence-corrected chi connectivity index (χ0v) is 12.9. The van der Waals surface area contributed by atoms with Gasteiger partial charge in [0, 0.05) is 18.1 Å². The lowest BCUT2D eigenvalue weighted by Gasteiger charge is -2.45. The SMILES string of the molecule is CCCN(CC(=O)NC(C)C)C1(CN)CCCCC1. The molecule has 0 unspecified atom stereocenters. The third kappa shape index (κ3) is 4.77. The van der Waals surface area contributed by atoms with Crippen LogP contribution in [0.25, 0.3) is 0 Å². The van der Waals surface area contributed by atoms with Crippen LogP contribution in [0.4, 0.5) is 0 Å². The maximum atomic E-state index is 12.0. The summed E-state index contributed by atoms with van der Waals surface area (Å²) in [6.07, 6.45) is 7.12. The van der Waals surface area contributed by atoms with Gasteiger partial charge < -0.3 is 11.1 Å². The first-order valence-corrected chi connectivity index (χ1v) is 7.78. The number of nitrogens with two attached hydrogens (primary N) is 1.